The minimum atomic E-state index is -3.18. The molecule has 0 aliphatic carbocycles. The minimum absolute atomic E-state index is 0.408. The second kappa shape index (κ2) is 5.73. The third-order valence-electron chi connectivity index (χ3n) is 3.00. The predicted octanol–water partition coefficient (Wildman–Crippen LogP) is 2.08. The van der Waals surface area contributed by atoms with E-state index in [0.29, 0.717) is 28.6 Å². The van der Waals surface area contributed by atoms with E-state index < -0.39 is 15.2 Å². The van der Waals surface area contributed by atoms with Gasteiger partial charge in [-0.25, -0.2) is 8.42 Å². The Bertz CT molecular complexity index is 589. The van der Waals surface area contributed by atoms with E-state index in [1.54, 1.807) is 30.0 Å². The fraction of sp³-hybridized carbons (Fsp3) is 0.417. The zero-order valence-electron chi connectivity index (χ0n) is 10.4. The molecule has 1 aliphatic heterocycles. The van der Waals surface area contributed by atoms with Crippen LogP contribution in [0.3, 0.4) is 0 Å². The van der Waals surface area contributed by atoms with Crippen molar-refractivity contribution in [2.24, 2.45) is 0 Å². The van der Waals surface area contributed by atoms with Crippen molar-refractivity contribution >= 4 is 45.2 Å². The molecule has 0 bridgehead atoms. The molecule has 0 spiro atoms. The number of rotatable bonds is 3. The summed E-state index contributed by atoms with van der Waals surface area (Å²) in [5, 5.41) is -0.156. The van der Waals surface area contributed by atoms with Gasteiger partial charge in [0.05, 0.1) is 10.7 Å². The summed E-state index contributed by atoms with van der Waals surface area (Å²) >= 11 is 7.78. The number of benzene rings is 1. The third kappa shape index (κ3) is 3.24. The first kappa shape index (κ1) is 14.7. The highest BCUT2D eigenvalue weighted by Gasteiger charge is 2.32. The van der Waals surface area contributed by atoms with Crippen molar-refractivity contribution < 1.29 is 13.2 Å². The fourth-order valence-corrected chi connectivity index (χ4v) is 5.17. The maximum absolute atomic E-state index is 11.9. The molecule has 1 aromatic rings. The number of hydrogen-bond donors (Lipinski definition) is 0. The van der Waals surface area contributed by atoms with Gasteiger partial charge in [0.15, 0.2) is 9.84 Å². The van der Waals surface area contributed by atoms with Crippen LogP contribution >= 0.6 is 23.4 Å². The van der Waals surface area contributed by atoms with Crippen LogP contribution in [0.25, 0.3) is 0 Å². The fourth-order valence-electron chi connectivity index (χ4n) is 2.04. The molecule has 7 heteroatoms. The summed E-state index contributed by atoms with van der Waals surface area (Å²) in [4.78, 5) is 12.5. The maximum atomic E-state index is 11.9. The number of sulfone groups is 1. The number of halogens is 1. The second-order valence-electron chi connectivity index (χ2n) is 4.38. The van der Waals surface area contributed by atoms with Gasteiger partial charge in [-0.05, 0) is 18.2 Å². The van der Waals surface area contributed by atoms with Gasteiger partial charge in [0.1, 0.15) is 11.7 Å². The summed E-state index contributed by atoms with van der Waals surface area (Å²) < 4.78 is 23.7. The van der Waals surface area contributed by atoms with E-state index >= 15 is 0 Å². The average Bonchev–Trinajstić information content (AvgIpc) is 2.37. The van der Waals surface area contributed by atoms with Crippen LogP contribution in [-0.2, 0) is 9.84 Å². The van der Waals surface area contributed by atoms with Gasteiger partial charge in [-0.1, -0.05) is 11.6 Å². The van der Waals surface area contributed by atoms with Crippen LogP contribution in [0, 0.1) is 0 Å². The first-order chi connectivity index (χ1) is 8.93. The Labute approximate surface area is 122 Å². The standard InChI is InChI=1S/C12H14ClNO3S2/c1-19(16,17)12-8-18-5-4-14(12)11-3-2-9(7-15)6-10(11)13/h2-3,6-7,12H,4-5,8H2,1H3. The van der Waals surface area contributed by atoms with Crippen molar-refractivity contribution in [3.8, 4) is 0 Å². The molecule has 1 saturated heterocycles. The van der Waals surface area contributed by atoms with Crippen LogP contribution < -0.4 is 4.90 Å². The predicted molar refractivity (Wildman–Crippen MR) is 80.1 cm³/mol. The number of hydrogen-bond acceptors (Lipinski definition) is 5. The Hall–Kier alpha value is -0.720. The van der Waals surface area contributed by atoms with Gasteiger partial charge in [-0.2, -0.15) is 11.8 Å². The molecule has 2 rings (SSSR count). The molecule has 0 N–H and O–H groups in total. The van der Waals surface area contributed by atoms with Crippen LogP contribution in [0.15, 0.2) is 18.2 Å². The van der Waals surface area contributed by atoms with Crippen LogP contribution in [-0.4, -0.2) is 44.4 Å². The van der Waals surface area contributed by atoms with Crippen LogP contribution in [0.2, 0.25) is 5.02 Å². The van der Waals surface area contributed by atoms with Crippen molar-refractivity contribution in [3.05, 3.63) is 28.8 Å². The molecular weight excluding hydrogens is 306 g/mol. The number of anilines is 1. The van der Waals surface area contributed by atoms with Crippen molar-refractivity contribution in [2.45, 2.75) is 5.37 Å². The quantitative estimate of drug-likeness (QED) is 0.798. The van der Waals surface area contributed by atoms with Crippen molar-refractivity contribution in [1.82, 2.24) is 0 Å². The van der Waals surface area contributed by atoms with E-state index in [2.05, 4.69) is 0 Å². The molecule has 0 amide bonds. The third-order valence-corrected chi connectivity index (χ3v) is 5.94. The first-order valence-electron chi connectivity index (χ1n) is 5.71. The smallest absolute Gasteiger partial charge is 0.169 e. The van der Waals surface area contributed by atoms with Crippen molar-refractivity contribution in [3.63, 3.8) is 0 Å². The van der Waals surface area contributed by atoms with E-state index in [4.69, 9.17) is 11.6 Å². The van der Waals surface area contributed by atoms with Gasteiger partial charge in [-0.15, -0.1) is 0 Å². The van der Waals surface area contributed by atoms with Crippen LogP contribution in [0.4, 0.5) is 5.69 Å². The zero-order chi connectivity index (χ0) is 14.0. The molecule has 19 heavy (non-hydrogen) atoms. The summed E-state index contributed by atoms with van der Waals surface area (Å²) in [6, 6.07) is 4.92. The molecular formula is C12H14ClNO3S2. The van der Waals surface area contributed by atoms with E-state index in [1.807, 2.05) is 4.90 Å². The summed E-state index contributed by atoms with van der Waals surface area (Å²) in [6.45, 7) is 0.628. The Morgan fingerprint density at radius 2 is 2.21 bits per heavy atom. The van der Waals surface area contributed by atoms with E-state index in [-0.39, 0.29) is 0 Å². The molecule has 1 aliphatic rings. The second-order valence-corrected chi connectivity index (χ2v) is 8.14. The molecule has 1 atom stereocenters. The minimum Gasteiger partial charge on any atom is -0.352 e. The van der Waals surface area contributed by atoms with Crippen LogP contribution in [0.1, 0.15) is 10.4 Å². The summed E-state index contributed by atoms with van der Waals surface area (Å²) in [5.41, 5.74) is 1.15. The van der Waals surface area contributed by atoms with Crippen molar-refractivity contribution in [2.75, 3.05) is 29.2 Å². The molecule has 104 valence electrons. The van der Waals surface area contributed by atoms with Gasteiger partial charge < -0.3 is 4.90 Å². The largest absolute Gasteiger partial charge is 0.352 e. The monoisotopic (exact) mass is 319 g/mol. The Kier molecular flexibility index (Phi) is 4.43. The van der Waals surface area contributed by atoms with Crippen LogP contribution in [0.5, 0.6) is 0 Å². The highest BCUT2D eigenvalue weighted by atomic mass is 35.5. The SMILES string of the molecule is CS(=O)(=O)C1CSCCN1c1ccc(C=O)cc1Cl. The molecule has 0 saturated carbocycles. The number of carbonyl (C=O) groups excluding carboxylic acids is 1. The molecule has 1 heterocycles. The maximum Gasteiger partial charge on any atom is 0.169 e. The average molecular weight is 320 g/mol. The van der Waals surface area contributed by atoms with Gasteiger partial charge >= 0.3 is 0 Å². The summed E-state index contributed by atoms with van der Waals surface area (Å²) in [6.07, 6.45) is 1.96. The molecule has 0 aromatic heterocycles. The lowest BCUT2D eigenvalue weighted by Crippen LogP contribution is -2.47. The molecule has 1 aromatic carbocycles. The molecule has 1 unspecified atom stereocenters. The van der Waals surface area contributed by atoms with E-state index in [1.165, 1.54) is 6.26 Å². The lowest BCUT2D eigenvalue weighted by atomic mass is 10.2. The molecule has 0 radical (unpaired) electrons. The van der Waals surface area contributed by atoms with Crippen molar-refractivity contribution in [1.29, 1.82) is 0 Å². The molecule has 4 nitrogen and oxygen atoms in total. The number of aldehydes is 1. The lowest BCUT2D eigenvalue weighted by molar-refractivity contribution is 0.112. The van der Waals surface area contributed by atoms with Gasteiger partial charge in [0, 0.05) is 29.9 Å². The lowest BCUT2D eigenvalue weighted by Gasteiger charge is -2.36. The van der Waals surface area contributed by atoms with E-state index in [0.717, 1.165) is 12.0 Å². The van der Waals surface area contributed by atoms with Gasteiger partial charge in [0.25, 0.3) is 0 Å². The topological polar surface area (TPSA) is 54.5 Å². The first-order valence-corrected chi connectivity index (χ1v) is 9.20. The van der Waals surface area contributed by atoms with E-state index in [9.17, 15) is 13.2 Å². The Balaban J connectivity index is 2.40. The summed E-state index contributed by atoms with van der Waals surface area (Å²) in [5.74, 6) is 1.39. The number of carbonyl (C=O) groups is 1. The normalized spacial score (nSPS) is 20.3. The molecule has 1 fully saturated rings. The number of thioether (sulfide) groups is 1. The zero-order valence-corrected chi connectivity index (χ0v) is 12.8. The Morgan fingerprint density at radius 1 is 1.47 bits per heavy atom. The number of nitrogens with zero attached hydrogens (tertiary/aromatic N) is 1. The highest BCUT2D eigenvalue weighted by molar-refractivity contribution is 8.01. The Morgan fingerprint density at radius 3 is 2.79 bits per heavy atom. The highest BCUT2D eigenvalue weighted by Crippen LogP contribution is 2.32. The summed E-state index contributed by atoms with van der Waals surface area (Å²) in [7, 11) is -3.18. The van der Waals surface area contributed by atoms with Gasteiger partial charge in [-0.3, -0.25) is 4.79 Å². The van der Waals surface area contributed by atoms with Gasteiger partial charge in [0.2, 0.25) is 0 Å².